The highest BCUT2D eigenvalue weighted by atomic mass is 35.5. The molecule has 2 aromatic rings. The van der Waals surface area contributed by atoms with Gasteiger partial charge in [-0.25, -0.2) is 0 Å². The minimum Gasteiger partial charge on any atom is -0.368 e. The Labute approximate surface area is 159 Å². The summed E-state index contributed by atoms with van der Waals surface area (Å²) >= 11 is 5.78. The number of nitro groups is 2. The van der Waals surface area contributed by atoms with E-state index in [0.29, 0.717) is 26.2 Å². The van der Waals surface area contributed by atoms with Crippen molar-refractivity contribution in [3.8, 4) is 0 Å². The summed E-state index contributed by atoms with van der Waals surface area (Å²) in [5.41, 5.74) is 0.786. The van der Waals surface area contributed by atoms with E-state index in [0.717, 1.165) is 5.69 Å². The van der Waals surface area contributed by atoms with Crippen molar-refractivity contribution in [1.82, 2.24) is 4.90 Å². The van der Waals surface area contributed by atoms with Crippen LogP contribution in [0.15, 0.2) is 42.5 Å². The van der Waals surface area contributed by atoms with E-state index in [2.05, 4.69) is 0 Å². The summed E-state index contributed by atoms with van der Waals surface area (Å²) in [6.07, 6.45) is 0. The third kappa shape index (κ3) is 3.98. The third-order valence-corrected chi connectivity index (χ3v) is 4.70. The van der Waals surface area contributed by atoms with Gasteiger partial charge in [0.2, 0.25) is 0 Å². The summed E-state index contributed by atoms with van der Waals surface area (Å²) in [6, 6.07) is 10.3. The predicted molar refractivity (Wildman–Crippen MR) is 99.3 cm³/mol. The van der Waals surface area contributed by atoms with Crippen molar-refractivity contribution in [3.05, 3.63) is 73.3 Å². The molecule has 0 N–H and O–H groups in total. The Kier molecular flexibility index (Phi) is 5.22. The zero-order valence-electron chi connectivity index (χ0n) is 14.1. The monoisotopic (exact) mass is 390 g/mol. The number of carbonyl (C=O) groups excluding carboxylic acids is 1. The molecule has 1 aliphatic rings. The van der Waals surface area contributed by atoms with Crippen LogP contribution < -0.4 is 4.90 Å². The number of carbonyl (C=O) groups is 1. The number of halogens is 1. The fourth-order valence-corrected chi connectivity index (χ4v) is 3.11. The lowest BCUT2D eigenvalue weighted by Gasteiger charge is -2.36. The van der Waals surface area contributed by atoms with Crippen molar-refractivity contribution in [3.63, 3.8) is 0 Å². The number of anilines is 1. The second-order valence-electron chi connectivity index (χ2n) is 5.98. The average molecular weight is 391 g/mol. The lowest BCUT2D eigenvalue weighted by Crippen LogP contribution is -2.48. The molecule has 27 heavy (non-hydrogen) atoms. The molecule has 0 atom stereocenters. The molecule has 1 fully saturated rings. The van der Waals surface area contributed by atoms with Crippen LogP contribution in [-0.4, -0.2) is 46.8 Å². The minimum absolute atomic E-state index is 0.0143. The number of amides is 1. The molecule has 140 valence electrons. The molecular formula is C17H15ClN4O5. The highest BCUT2D eigenvalue weighted by Gasteiger charge is 2.24. The van der Waals surface area contributed by atoms with Crippen molar-refractivity contribution < 1.29 is 14.6 Å². The van der Waals surface area contributed by atoms with E-state index in [1.165, 1.54) is 30.3 Å². The molecule has 9 nitrogen and oxygen atoms in total. The predicted octanol–water partition coefficient (Wildman–Crippen LogP) is 3.12. The first-order chi connectivity index (χ1) is 12.9. The summed E-state index contributed by atoms with van der Waals surface area (Å²) in [6.45, 7) is 1.98. The Bertz CT molecular complexity index is 895. The van der Waals surface area contributed by atoms with Gasteiger partial charge in [-0.3, -0.25) is 25.0 Å². The zero-order chi connectivity index (χ0) is 19.6. The standard InChI is InChI=1S/C17H15ClN4O5/c18-15-6-1-12(11-16(15)22(26)27)17(23)20-9-7-19(8-10-20)13-2-4-14(5-3-13)21(24)25/h1-6,11H,7-10H2. The molecule has 1 aliphatic heterocycles. The van der Waals surface area contributed by atoms with Crippen LogP contribution in [-0.2, 0) is 0 Å². The van der Waals surface area contributed by atoms with Crippen LogP contribution in [0.25, 0.3) is 0 Å². The first kappa shape index (κ1) is 18.6. The van der Waals surface area contributed by atoms with E-state index in [9.17, 15) is 25.0 Å². The van der Waals surface area contributed by atoms with E-state index in [-0.39, 0.29) is 27.9 Å². The first-order valence-electron chi connectivity index (χ1n) is 8.09. The smallest absolute Gasteiger partial charge is 0.288 e. The number of benzene rings is 2. The van der Waals surface area contributed by atoms with Gasteiger partial charge in [0.25, 0.3) is 17.3 Å². The van der Waals surface area contributed by atoms with Crippen molar-refractivity contribution in [2.75, 3.05) is 31.1 Å². The highest BCUT2D eigenvalue weighted by Crippen LogP contribution is 2.26. The minimum atomic E-state index is -0.619. The average Bonchev–Trinajstić information content (AvgIpc) is 2.68. The molecule has 0 bridgehead atoms. The van der Waals surface area contributed by atoms with E-state index in [1.807, 2.05) is 4.90 Å². The quantitative estimate of drug-likeness (QED) is 0.586. The van der Waals surface area contributed by atoms with Crippen molar-refractivity contribution in [1.29, 1.82) is 0 Å². The van der Waals surface area contributed by atoms with E-state index >= 15 is 0 Å². The zero-order valence-corrected chi connectivity index (χ0v) is 14.8. The van der Waals surface area contributed by atoms with Gasteiger partial charge in [0, 0.05) is 55.6 Å². The third-order valence-electron chi connectivity index (χ3n) is 4.38. The van der Waals surface area contributed by atoms with Crippen LogP contribution in [0.4, 0.5) is 17.1 Å². The number of piperazine rings is 1. The maximum Gasteiger partial charge on any atom is 0.288 e. The molecular weight excluding hydrogens is 376 g/mol. The van der Waals surface area contributed by atoms with Crippen LogP contribution in [0.5, 0.6) is 0 Å². The fourth-order valence-electron chi connectivity index (χ4n) is 2.92. The van der Waals surface area contributed by atoms with Gasteiger partial charge in [-0.2, -0.15) is 0 Å². The number of rotatable bonds is 4. The Morgan fingerprint density at radius 3 is 2.11 bits per heavy atom. The fraction of sp³-hybridized carbons (Fsp3) is 0.235. The molecule has 10 heteroatoms. The van der Waals surface area contributed by atoms with Crippen molar-refractivity contribution >= 4 is 34.6 Å². The number of nitro benzene ring substituents is 2. The van der Waals surface area contributed by atoms with Gasteiger partial charge in [0.05, 0.1) is 9.85 Å². The van der Waals surface area contributed by atoms with Crippen LogP contribution in [0.1, 0.15) is 10.4 Å². The van der Waals surface area contributed by atoms with Gasteiger partial charge in [0.1, 0.15) is 5.02 Å². The Morgan fingerprint density at radius 2 is 1.56 bits per heavy atom. The lowest BCUT2D eigenvalue weighted by atomic mass is 10.1. The van der Waals surface area contributed by atoms with E-state index < -0.39 is 9.85 Å². The molecule has 0 saturated carbocycles. The first-order valence-corrected chi connectivity index (χ1v) is 8.47. The number of hydrogen-bond donors (Lipinski definition) is 0. The second kappa shape index (κ2) is 7.58. The molecule has 3 rings (SSSR count). The summed E-state index contributed by atoms with van der Waals surface area (Å²) in [5.74, 6) is -0.293. The normalized spacial score (nSPS) is 14.1. The molecule has 0 spiro atoms. The van der Waals surface area contributed by atoms with Gasteiger partial charge in [0.15, 0.2) is 0 Å². The molecule has 1 heterocycles. The molecule has 2 aromatic carbocycles. The maximum absolute atomic E-state index is 12.6. The van der Waals surface area contributed by atoms with E-state index in [4.69, 9.17) is 11.6 Å². The summed E-state index contributed by atoms with van der Waals surface area (Å²) in [7, 11) is 0. The highest BCUT2D eigenvalue weighted by molar-refractivity contribution is 6.32. The van der Waals surface area contributed by atoms with Gasteiger partial charge in [-0.15, -0.1) is 0 Å². The van der Waals surface area contributed by atoms with Crippen LogP contribution in [0.3, 0.4) is 0 Å². The second-order valence-corrected chi connectivity index (χ2v) is 6.38. The topological polar surface area (TPSA) is 110 Å². The van der Waals surface area contributed by atoms with Crippen LogP contribution in [0, 0.1) is 20.2 Å². The maximum atomic E-state index is 12.6. The van der Waals surface area contributed by atoms with Gasteiger partial charge in [-0.05, 0) is 24.3 Å². The van der Waals surface area contributed by atoms with Crippen LogP contribution in [0.2, 0.25) is 5.02 Å². The summed E-state index contributed by atoms with van der Waals surface area (Å²) in [5, 5.41) is 21.7. The van der Waals surface area contributed by atoms with Crippen molar-refractivity contribution in [2.45, 2.75) is 0 Å². The van der Waals surface area contributed by atoms with Gasteiger partial charge >= 0.3 is 0 Å². The summed E-state index contributed by atoms with van der Waals surface area (Å²) < 4.78 is 0. The Hall–Kier alpha value is -3.20. The molecule has 1 amide bonds. The lowest BCUT2D eigenvalue weighted by molar-refractivity contribution is -0.385. The number of non-ortho nitro benzene ring substituents is 1. The molecule has 0 aromatic heterocycles. The van der Waals surface area contributed by atoms with Gasteiger partial charge < -0.3 is 9.80 Å². The van der Waals surface area contributed by atoms with Crippen LogP contribution >= 0.6 is 11.6 Å². The number of hydrogen-bond acceptors (Lipinski definition) is 6. The largest absolute Gasteiger partial charge is 0.368 e. The Balaban J connectivity index is 1.66. The molecule has 0 unspecified atom stereocenters. The van der Waals surface area contributed by atoms with E-state index in [1.54, 1.807) is 17.0 Å². The molecule has 1 saturated heterocycles. The van der Waals surface area contributed by atoms with Crippen molar-refractivity contribution in [2.24, 2.45) is 0 Å². The SMILES string of the molecule is O=C(c1ccc(Cl)c([N+](=O)[O-])c1)N1CCN(c2ccc([N+](=O)[O-])cc2)CC1. The molecule has 0 aliphatic carbocycles. The van der Waals surface area contributed by atoms with Gasteiger partial charge in [-0.1, -0.05) is 11.6 Å². The Morgan fingerprint density at radius 1 is 0.926 bits per heavy atom. The summed E-state index contributed by atoms with van der Waals surface area (Å²) in [4.78, 5) is 36.9. The molecule has 0 radical (unpaired) electrons. The number of nitrogens with zero attached hydrogens (tertiary/aromatic N) is 4.